The Morgan fingerprint density at radius 3 is 2.85 bits per heavy atom. The van der Waals surface area contributed by atoms with E-state index in [0.717, 1.165) is 34.7 Å². The lowest BCUT2D eigenvalue weighted by atomic mass is 9.95. The molecule has 1 N–H and O–H groups in total. The molecule has 0 bridgehead atoms. The van der Waals surface area contributed by atoms with Gasteiger partial charge < -0.3 is 14.8 Å². The number of anilines is 1. The SMILES string of the molecule is Cc1ccc(Cl)cc1NC(=O)N1Cc2c(sc3c2CCCC3)-n2cccc2[C@@H]1c1cccs1. The molecule has 1 atom stereocenters. The number of halogens is 1. The van der Waals surface area contributed by atoms with Gasteiger partial charge in [0.15, 0.2) is 0 Å². The molecular weight excluding hydrogens is 470 g/mol. The molecular formula is C26H24ClN3OS2. The number of hydrogen-bond donors (Lipinski definition) is 1. The summed E-state index contributed by atoms with van der Waals surface area (Å²) in [6, 6.07) is 13.8. The molecule has 4 nitrogen and oxygen atoms in total. The predicted molar refractivity (Wildman–Crippen MR) is 137 cm³/mol. The first-order valence-corrected chi connectivity index (χ1v) is 13.4. The number of carbonyl (C=O) groups is 1. The number of nitrogens with zero attached hydrogens (tertiary/aromatic N) is 2. The molecule has 0 radical (unpaired) electrons. The van der Waals surface area contributed by atoms with Crippen molar-refractivity contribution in [1.82, 2.24) is 9.47 Å². The first-order valence-electron chi connectivity index (χ1n) is 11.3. The highest BCUT2D eigenvalue weighted by atomic mass is 35.5. The second-order valence-electron chi connectivity index (χ2n) is 8.73. The predicted octanol–water partition coefficient (Wildman–Crippen LogP) is 7.58. The number of amides is 2. The fraction of sp³-hybridized carbons (Fsp3) is 0.269. The third-order valence-corrected chi connectivity index (χ3v) is 9.19. The van der Waals surface area contributed by atoms with Crippen molar-refractivity contribution in [3.63, 3.8) is 0 Å². The minimum absolute atomic E-state index is 0.102. The molecule has 0 saturated heterocycles. The van der Waals surface area contributed by atoms with Crippen LogP contribution in [0.1, 0.15) is 51.0 Å². The first-order chi connectivity index (χ1) is 16.1. The standard InChI is InChI=1S/C26H24ClN3OS2/c1-16-10-11-17(27)14-20(16)28-26(31)30-15-19-18-6-2-3-8-22(18)33-25(19)29-12-4-7-21(29)24(30)23-9-5-13-32-23/h4-5,7,9-14,24H,2-3,6,8,15H2,1H3,(H,28,31)/t24-/m1/s1. The largest absolute Gasteiger partial charge is 0.323 e. The number of hydrogen-bond acceptors (Lipinski definition) is 3. The number of urea groups is 1. The van der Waals surface area contributed by atoms with Gasteiger partial charge in [-0.3, -0.25) is 0 Å². The van der Waals surface area contributed by atoms with Crippen LogP contribution in [0.4, 0.5) is 10.5 Å². The highest BCUT2D eigenvalue weighted by Crippen LogP contribution is 2.44. The first kappa shape index (κ1) is 21.0. The third-order valence-electron chi connectivity index (χ3n) is 6.69. The van der Waals surface area contributed by atoms with E-state index in [1.165, 1.54) is 33.8 Å². The number of thiophene rings is 2. The van der Waals surface area contributed by atoms with Crippen LogP contribution in [-0.2, 0) is 19.4 Å². The zero-order chi connectivity index (χ0) is 22.5. The molecule has 0 unspecified atom stereocenters. The Hall–Kier alpha value is -2.54. The van der Waals surface area contributed by atoms with Crippen LogP contribution >= 0.6 is 34.3 Å². The lowest BCUT2D eigenvalue weighted by Crippen LogP contribution is -2.38. The van der Waals surface area contributed by atoms with Crippen LogP contribution in [-0.4, -0.2) is 15.5 Å². The quantitative estimate of drug-likeness (QED) is 0.307. The zero-order valence-corrected chi connectivity index (χ0v) is 20.7. The summed E-state index contributed by atoms with van der Waals surface area (Å²) in [5.41, 5.74) is 5.65. The fourth-order valence-corrected chi connectivity index (χ4v) is 7.47. The Kier molecular flexibility index (Phi) is 5.32. The van der Waals surface area contributed by atoms with Crippen molar-refractivity contribution in [2.24, 2.45) is 0 Å². The van der Waals surface area contributed by atoms with Gasteiger partial charge >= 0.3 is 6.03 Å². The van der Waals surface area contributed by atoms with Crippen molar-refractivity contribution in [3.8, 4) is 5.00 Å². The molecule has 1 aliphatic carbocycles. The number of benzene rings is 1. The van der Waals surface area contributed by atoms with Crippen LogP contribution in [0.2, 0.25) is 5.02 Å². The maximum Gasteiger partial charge on any atom is 0.323 e. The topological polar surface area (TPSA) is 37.3 Å². The monoisotopic (exact) mass is 493 g/mol. The van der Waals surface area contributed by atoms with E-state index in [0.29, 0.717) is 11.6 Å². The number of nitrogens with one attached hydrogen (secondary N) is 1. The number of carbonyl (C=O) groups excluding carboxylic acids is 1. The van der Waals surface area contributed by atoms with E-state index in [4.69, 9.17) is 11.6 Å². The third kappa shape index (κ3) is 3.61. The average molecular weight is 494 g/mol. The van der Waals surface area contributed by atoms with Crippen LogP contribution in [0, 0.1) is 6.92 Å². The van der Waals surface area contributed by atoms with Gasteiger partial charge in [0.2, 0.25) is 0 Å². The summed E-state index contributed by atoms with van der Waals surface area (Å²) in [7, 11) is 0. The molecule has 33 heavy (non-hydrogen) atoms. The summed E-state index contributed by atoms with van der Waals surface area (Å²) in [5, 5.41) is 7.14. The van der Waals surface area contributed by atoms with E-state index < -0.39 is 0 Å². The maximum atomic E-state index is 13.9. The van der Waals surface area contributed by atoms with Crippen molar-refractivity contribution in [3.05, 3.63) is 91.2 Å². The van der Waals surface area contributed by atoms with E-state index in [2.05, 4.69) is 45.7 Å². The second-order valence-corrected chi connectivity index (χ2v) is 11.2. The highest BCUT2D eigenvalue weighted by molar-refractivity contribution is 7.15. The van der Waals surface area contributed by atoms with Crippen molar-refractivity contribution >= 4 is 46.0 Å². The molecule has 6 rings (SSSR count). The normalized spacial score (nSPS) is 17.2. The smallest absolute Gasteiger partial charge is 0.310 e. The molecule has 0 spiro atoms. The summed E-state index contributed by atoms with van der Waals surface area (Å²) < 4.78 is 2.32. The number of fused-ring (bicyclic) bond motifs is 5. The maximum absolute atomic E-state index is 13.9. The fourth-order valence-electron chi connectivity index (χ4n) is 5.05. The summed E-state index contributed by atoms with van der Waals surface area (Å²) in [4.78, 5) is 18.6. The van der Waals surface area contributed by atoms with Crippen LogP contribution < -0.4 is 5.32 Å². The summed E-state index contributed by atoms with van der Waals surface area (Å²) in [6.45, 7) is 2.58. The Bertz CT molecular complexity index is 1340. The molecule has 1 aliphatic heterocycles. The van der Waals surface area contributed by atoms with Gasteiger partial charge in [0, 0.05) is 32.2 Å². The Balaban J connectivity index is 1.49. The molecule has 2 aliphatic rings. The zero-order valence-electron chi connectivity index (χ0n) is 18.3. The van der Waals surface area contributed by atoms with Crippen LogP contribution in [0.25, 0.3) is 5.00 Å². The summed E-state index contributed by atoms with van der Waals surface area (Å²) in [6.07, 6.45) is 6.87. The van der Waals surface area contributed by atoms with Crippen molar-refractivity contribution < 1.29 is 4.79 Å². The van der Waals surface area contributed by atoms with Gasteiger partial charge in [0.25, 0.3) is 0 Å². The Morgan fingerprint density at radius 1 is 1.12 bits per heavy atom. The van der Waals surface area contributed by atoms with Gasteiger partial charge in [0.1, 0.15) is 11.0 Å². The lowest BCUT2D eigenvalue weighted by molar-refractivity contribution is 0.195. The Morgan fingerprint density at radius 2 is 2.00 bits per heavy atom. The number of rotatable bonds is 2. The number of aryl methyl sites for hydroxylation is 2. The molecule has 7 heteroatoms. The van der Waals surface area contributed by atoms with E-state index >= 15 is 0 Å². The molecule has 1 aromatic carbocycles. The molecule has 0 fully saturated rings. The van der Waals surface area contributed by atoms with Crippen LogP contribution in [0.5, 0.6) is 0 Å². The van der Waals surface area contributed by atoms with Crippen LogP contribution in [0.15, 0.2) is 54.0 Å². The van der Waals surface area contributed by atoms with Crippen molar-refractivity contribution in [1.29, 1.82) is 0 Å². The lowest BCUT2D eigenvalue weighted by Gasteiger charge is -2.30. The van der Waals surface area contributed by atoms with E-state index in [1.54, 1.807) is 11.3 Å². The molecule has 2 amide bonds. The van der Waals surface area contributed by atoms with Crippen LogP contribution in [0.3, 0.4) is 0 Å². The summed E-state index contributed by atoms with van der Waals surface area (Å²) >= 11 is 9.85. The molecule has 4 aromatic rings. The molecule has 3 aromatic heterocycles. The van der Waals surface area contributed by atoms with E-state index in [-0.39, 0.29) is 12.1 Å². The van der Waals surface area contributed by atoms with E-state index in [1.807, 2.05) is 41.4 Å². The molecule has 4 heterocycles. The summed E-state index contributed by atoms with van der Waals surface area (Å²) in [5.74, 6) is 0. The second kappa shape index (κ2) is 8.35. The van der Waals surface area contributed by atoms with Gasteiger partial charge in [-0.25, -0.2) is 4.79 Å². The van der Waals surface area contributed by atoms with Gasteiger partial charge in [0.05, 0.1) is 12.2 Å². The molecule has 0 saturated carbocycles. The number of aromatic nitrogens is 1. The van der Waals surface area contributed by atoms with Gasteiger partial charge in [-0.05, 0) is 79.4 Å². The molecule has 168 valence electrons. The highest BCUT2D eigenvalue weighted by Gasteiger charge is 2.36. The minimum Gasteiger partial charge on any atom is -0.310 e. The average Bonchev–Trinajstić information content (AvgIpc) is 3.55. The Labute approximate surface area is 206 Å². The minimum atomic E-state index is -0.154. The van der Waals surface area contributed by atoms with Gasteiger partial charge in [-0.2, -0.15) is 0 Å². The van der Waals surface area contributed by atoms with E-state index in [9.17, 15) is 4.79 Å². The van der Waals surface area contributed by atoms with Gasteiger partial charge in [-0.15, -0.1) is 22.7 Å². The van der Waals surface area contributed by atoms with Gasteiger partial charge in [-0.1, -0.05) is 23.7 Å². The van der Waals surface area contributed by atoms with Crippen molar-refractivity contribution in [2.75, 3.05) is 5.32 Å². The van der Waals surface area contributed by atoms with Crippen molar-refractivity contribution in [2.45, 2.75) is 45.2 Å².